The fourth-order valence-corrected chi connectivity index (χ4v) is 5.44. The molecule has 0 N–H and O–H groups in total. The summed E-state index contributed by atoms with van der Waals surface area (Å²) in [5.41, 5.74) is 1.74. The molecule has 8 rings (SSSR count). The van der Waals surface area contributed by atoms with E-state index in [9.17, 15) is 6.85 Å². The smallest absolute Gasteiger partial charge is 0.0645 e. The molecule has 0 radical (unpaired) electrons. The highest BCUT2D eigenvalue weighted by atomic mass is 15.1. The Morgan fingerprint density at radius 2 is 0.977 bits per heavy atom. The van der Waals surface area contributed by atoms with Gasteiger partial charge >= 0.3 is 0 Å². The van der Waals surface area contributed by atoms with Crippen LogP contribution in [0.15, 0.2) is 176 Å². The Morgan fingerprint density at radius 3 is 1.70 bits per heavy atom. The van der Waals surface area contributed by atoms with E-state index in [-0.39, 0.29) is 45.5 Å². The first-order valence-corrected chi connectivity index (χ1v) is 13.9. The minimum absolute atomic E-state index is 0.0601. The van der Waals surface area contributed by atoms with Gasteiger partial charge in [-0.05, 0) is 91.6 Å². The summed E-state index contributed by atoms with van der Waals surface area (Å²) in [4.78, 5) is 1.28. The molecule has 0 aliphatic heterocycles. The topological polar surface area (TPSA) is 3.24 Å². The average molecular weight is 559 g/mol. The molecule has 0 atom stereocenters. The highest BCUT2D eigenvalue weighted by Gasteiger charge is 2.16. The van der Waals surface area contributed by atoms with Crippen molar-refractivity contribution in [2.75, 3.05) is 4.90 Å². The van der Waals surface area contributed by atoms with Gasteiger partial charge in [0.05, 0.1) is 20.8 Å². The van der Waals surface area contributed by atoms with Gasteiger partial charge in [0.25, 0.3) is 0 Å². The SMILES string of the molecule is [2H]c1c([2H])c(N(c2cccc(-c3ccc4ccccc4c3)c2)c2c([2H])c([2H])c([2H])c3c([2H])c([2H])c([2H])c([2H])c23)c([2H])c([2H])c1-c1ccc2ccccc2c1. The normalized spacial score (nSPS) is 14.8. The maximum Gasteiger partial charge on any atom is 0.0645 e. The van der Waals surface area contributed by atoms with Gasteiger partial charge in [-0.15, -0.1) is 0 Å². The molecule has 0 heterocycles. The first-order chi connectivity index (χ1) is 25.9. The number of rotatable bonds is 5. The molecule has 0 saturated carbocycles. The molecule has 0 aliphatic carbocycles. The second kappa shape index (κ2) is 10.6. The van der Waals surface area contributed by atoms with Gasteiger partial charge in [0, 0.05) is 16.8 Å². The summed E-state index contributed by atoms with van der Waals surface area (Å²) in [6.07, 6.45) is 0. The summed E-state index contributed by atoms with van der Waals surface area (Å²) >= 11 is 0. The lowest BCUT2D eigenvalue weighted by Crippen LogP contribution is -2.10. The second-order valence-electron chi connectivity index (χ2n) is 10.2. The quantitative estimate of drug-likeness (QED) is 0.203. The van der Waals surface area contributed by atoms with Crippen molar-refractivity contribution >= 4 is 49.4 Å². The number of nitrogens with zero attached hydrogens (tertiary/aromatic N) is 1. The monoisotopic (exact) mass is 558 g/mol. The molecule has 0 amide bonds. The molecule has 0 bridgehead atoms. The molecular weight excluding hydrogens is 518 g/mol. The standard InChI is InChI=1S/C42H29N/c1-3-12-34-27-37(21-19-30(34)9-1)32-23-25-39(26-24-32)43(42-18-8-14-33-11-5-6-17-41(33)42)40-16-7-15-36(29-40)38-22-20-31-10-2-4-13-35(31)28-38/h1-29H/i5D,6D,8D,11D,14D,17D,18D,23D,24D,25D,26D. The third-order valence-corrected chi connectivity index (χ3v) is 7.58. The van der Waals surface area contributed by atoms with Crippen LogP contribution < -0.4 is 4.90 Å². The Labute approximate surface area is 267 Å². The van der Waals surface area contributed by atoms with Gasteiger partial charge in [-0.2, -0.15) is 0 Å². The van der Waals surface area contributed by atoms with Crippen LogP contribution in [0.5, 0.6) is 0 Å². The van der Waals surface area contributed by atoms with E-state index in [0.717, 1.165) is 27.1 Å². The maximum absolute atomic E-state index is 9.44. The Kier molecular flexibility index (Phi) is 3.98. The fraction of sp³-hybridized carbons (Fsp3) is 0. The summed E-state index contributed by atoms with van der Waals surface area (Å²) in [5, 5.41) is 3.26. The van der Waals surface area contributed by atoms with E-state index in [0.29, 0.717) is 11.1 Å². The molecule has 1 nitrogen and oxygen atoms in total. The van der Waals surface area contributed by atoms with Gasteiger partial charge in [-0.3, -0.25) is 0 Å². The number of hydrogen-bond acceptors (Lipinski definition) is 1. The van der Waals surface area contributed by atoms with Crippen LogP contribution in [0.3, 0.4) is 0 Å². The van der Waals surface area contributed by atoms with Crippen molar-refractivity contribution in [2.45, 2.75) is 0 Å². The predicted molar refractivity (Wildman–Crippen MR) is 185 cm³/mol. The molecule has 0 spiro atoms. The number of hydrogen-bond donors (Lipinski definition) is 0. The minimum Gasteiger partial charge on any atom is -0.310 e. The molecule has 0 aromatic heterocycles. The Bertz CT molecular complexity index is 2830. The lowest BCUT2D eigenvalue weighted by atomic mass is 9.99. The van der Waals surface area contributed by atoms with Crippen molar-refractivity contribution in [2.24, 2.45) is 0 Å². The summed E-state index contributed by atoms with van der Waals surface area (Å²) in [6, 6.07) is 27.9. The first kappa shape index (κ1) is 16.1. The van der Waals surface area contributed by atoms with Crippen molar-refractivity contribution in [1.29, 1.82) is 0 Å². The average Bonchev–Trinajstić information content (AvgIpc) is 3.19. The van der Waals surface area contributed by atoms with Gasteiger partial charge in [0.15, 0.2) is 0 Å². The summed E-state index contributed by atoms with van der Waals surface area (Å²) in [5.74, 6) is 0. The zero-order valence-corrected chi connectivity index (χ0v) is 22.8. The van der Waals surface area contributed by atoms with Gasteiger partial charge in [-0.1, -0.05) is 133 Å². The summed E-state index contributed by atoms with van der Waals surface area (Å²) in [6.45, 7) is 0. The fourth-order valence-electron chi connectivity index (χ4n) is 5.44. The zero-order chi connectivity index (χ0) is 38.2. The molecule has 8 aromatic carbocycles. The molecule has 0 aliphatic rings. The van der Waals surface area contributed by atoms with Crippen LogP contribution in [0.25, 0.3) is 54.6 Å². The predicted octanol–water partition coefficient (Wildman–Crippen LogP) is 11.9. The molecule has 8 aromatic rings. The van der Waals surface area contributed by atoms with Gasteiger partial charge in [0.2, 0.25) is 0 Å². The van der Waals surface area contributed by atoms with Crippen LogP contribution in [-0.4, -0.2) is 0 Å². The molecular formula is C42H29N. The van der Waals surface area contributed by atoms with Crippen LogP contribution in [0.2, 0.25) is 0 Å². The van der Waals surface area contributed by atoms with E-state index in [1.165, 1.54) is 4.90 Å². The number of fused-ring (bicyclic) bond motifs is 3. The van der Waals surface area contributed by atoms with Crippen molar-refractivity contribution in [3.63, 3.8) is 0 Å². The molecule has 1 heteroatoms. The van der Waals surface area contributed by atoms with E-state index in [1.807, 2.05) is 78.9 Å². The maximum atomic E-state index is 9.44. The highest BCUT2D eigenvalue weighted by molar-refractivity contribution is 5.99. The van der Waals surface area contributed by atoms with Crippen LogP contribution >= 0.6 is 0 Å². The van der Waals surface area contributed by atoms with E-state index >= 15 is 0 Å². The van der Waals surface area contributed by atoms with Gasteiger partial charge in [0.1, 0.15) is 0 Å². The van der Waals surface area contributed by atoms with Crippen LogP contribution in [-0.2, 0) is 0 Å². The molecule has 0 saturated heterocycles. The zero-order valence-electron chi connectivity index (χ0n) is 33.8. The lowest BCUT2D eigenvalue weighted by Gasteiger charge is -2.27. The molecule has 202 valence electrons. The van der Waals surface area contributed by atoms with E-state index in [4.69, 9.17) is 8.22 Å². The van der Waals surface area contributed by atoms with E-state index in [1.54, 1.807) is 30.3 Å². The third-order valence-electron chi connectivity index (χ3n) is 7.58. The molecule has 0 fully saturated rings. The van der Waals surface area contributed by atoms with Crippen molar-refractivity contribution in [1.82, 2.24) is 0 Å². The van der Waals surface area contributed by atoms with Gasteiger partial charge < -0.3 is 4.90 Å². The minimum atomic E-state index is -0.624. The molecule has 43 heavy (non-hydrogen) atoms. The van der Waals surface area contributed by atoms with Crippen LogP contribution in [0.1, 0.15) is 15.1 Å². The Morgan fingerprint density at radius 1 is 0.372 bits per heavy atom. The van der Waals surface area contributed by atoms with Crippen molar-refractivity contribution in [3.8, 4) is 22.3 Å². The summed E-state index contributed by atoms with van der Waals surface area (Å²) < 4.78 is 98.8. The Hall–Kier alpha value is -5.66. The van der Waals surface area contributed by atoms with Crippen molar-refractivity contribution in [3.05, 3.63) is 176 Å². The van der Waals surface area contributed by atoms with E-state index < -0.39 is 54.4 Å². The number of anilines is 3. The second-order valence-corrected chi connectivity index (χ2v) is 10.2. The lowest BCUT2D eigenvalue weighted by molar-refractivity contribution is 1.30. The largest absolute Gasteiger partial charge is 0.310 e. The van der Waals surface area contributed by atoms with Crippen LogP contribution in [0.4, 0.5) is 17.1 Å². The van der Waals surface area contributed by atoms with Crippen LogP contribution in [0, 0.1) is 0 Å². The summed E-state index contributed by atoms with van der Waals surface area (Å²) in [7, 11) is 0. The Balaban J connectivity index is 1.47. The van der Waals surface area contributed by atoms with Crippen molar-refractivity contribution < 1.29 is 15.1 Å². The molecule has 0 unspecified atom stereocenters. The third kappa shape index (κ3) is 4.71. The van der Waals surface area contributed by atoms with Gasteiger partial charge in [-0.25, -0.2) is 0 Å². The van der Waals surface area contributed by atoms with E-state index in [2.05, 4.69) is 0 Å². The first-order valence-electron chi connectivity index (χ1n) is 19.4. The number of benzene rings is 8. The highest BCUT2D eigenvalue weighted by Crippen LogP contribution is 2.41.